The molecule has 0 saturated carbocycles. The summed E-state index contributed by atoms with van der Waals surface area (Å²) in [6.07, 6.45) is 0. The average molecular weight is 443 g/mol. The molecule has 1 heterocycles. The van der Waals surface area contributed by atoms with Crippen molar-refractivity contribution in [3.63, 3.8) is 0 Å². The fraction of sp³-hybridized carbons (Fsp3) is 0. The molecule has 0 spiro atoms. The molecule has 0 bridgehead atoms. The van der Waals surface area contributed by atoms with Gasteiger partial charge in [0.1, 0.15) is 0 Å². The second-order valence-electron chi connectivity index (χ2n) is 8.07. The highest BCUT2D eigenvalue weighted by molar-refractivity contribution is 8.21. The van der Waals surface area contributed by atoms with Gasteiger partial charge in [0.05, 0.1) is 11.0 Å². The minimum Gasteiger partial charge on any atom is -0.309 e. The van der Waals surface area contributed by atoms with Crippen LogP contribution in [-0.4, -0.2) is 4.57 Å². The predicted molar refractivity (Wildman–Crippen MR) is 138 cm³/mol. The highest BCUT2D eigenvalue weighted by atomic mass is 32.2. The first kappa shape index (κ1) is 19.6. The van der Waals surface area contributed by atoms with Crippen molar-refractivity contribution in [3.05, 3.63) is 133 Å². The van der Waals surface area contributed by atoms with Gasteiger partial charge < -0.3 is 4.57 Å². The fourth-order valence-corrected chi connectivity index (χ4v) is 7.08. The Labute approximate surface area is 194 Å². The molecule has 0 aliphatic heterocycles. The zero-order valence-electron chi connectivity index (χ0n) is 18.0. The molecule has 0 atom stereocenters. The number of benzene rings is 5. The molecule has 3 heteroatoms. The van der Waals surface area contributed by atoms with Crippen LogP contribution in [0.3, 0.4) is 0 Å². The number of fused-ring (bicyclic) bond motifs is 3. The molecule has 158 valence electrons. The molecule has 6 aromatic rings. The van der Waals surface area contributed by atoms with E-state index >= 15 is 0 Å². The summed E-state index contributed by atoms with van der Waals surface area (Å²) in [5, 5.41) is 2.49. The largest absolute Gasteiger partial charge is 0.309 e. The van der Waals surface area contributed by atoms with Gasteiger partial charge >= 0.3 is 0 Å². The van der Waals surface area contributed by atoms with E-state index in [-0.39, 0.29) is 0 Å². The summed E-state index contributed by atoms with van der Waals surface area (Å²) in [5.74, 6) is 0. The number of rotatable bonds is 1. The summed E-state index contributed by atoms with van der Waals surface area (Å²) in [7, 11) is -2.35. The molecule has 0 N–H and O–H groups in total. The van der Waals surface area contributed by atoms with Crippen molar-refractivity contribution in [1.82, 2.24) is 4.57 Å². The van der Waals surface area contributed by atoms with Gasteiger partial charge in [-0.05, 0) is 60.7 Å². The van der Waals surface area contributed by atoms with E-state index in [9.17, 15) is 4.61 Å². The minimum absolute atomic E-state index is 0.921. The van der Waals surface area contributed by atoms with Crippen molar-refractivity contribution in [2.75, 3.05) is 0 Å². The van der Waals surface area contributed by atoms with Crippen LogP contribution >= 0.6 is 9.66 Å². The lowest BCUT2D eigenvalue weighted by Gasteiger charge is -2.21. The number of hydrogen-bond donors (Lipinski definition) is 0. The Morgan fingerprint density at radius 2 is 0.818 bits per heavy atom. The lowest BCUT2D eigenvalue weighted by molar-refractivity contribution is 1.16. The topological polar surface area (TPSA) is 28.7 Å². The van der Waals surface area contributed by atoms with Crippen LogP contribution < -0.4 is 0 Å². The third-order valence-corrected chi connectivity index (χ3v) is 9.05. The second kappa shape index (κ2) is 7.83. The van der Waals surface area contributed by atoms with E-state index in [4.69, 9.17) is 0 Å². The van der Waals surface area contributed by atoms with Gasteiger partial charge in [-0.2, -0.15) is 0 Å². The fourth-order valence-electron chi connectivity index (χ4n) is 4.64. The van der Waals surface area contributed by atoms with Crippen molar-refractivity contribution in [1.29, 1.82) is 4.61 Å². The van der Waals surface area contributed by atoms with Gasteiger partial charge in [-0.15, -0.1) is 0 Å². The molecule has 5 aromatic carbocycles. The Bertz CT molecular complexity index is 1590. The minimum atomic E-state index is -2.35. The van der Waals surface area contributed by atoms with Crippen molar-refractivity contribution in [2.45, 2.75) is 14.7 Å². The number of para-hydroxylation sites is 2. The number of nitrogens with zero attached hydrogens (tertiary/aromatic N) is 2. The Hall–Kier alpha value is -4.04. The molecule has 0 radical (unpaired) electrons. The Balaban J connectivity index is 1.55. The quantitative estimate of drug-likeness (QED) is 0.251. The van der Waals surface area contributed by atoms with E-state index < -0.39 is 9.66 Å². The molecule has 0 amide bonds. The number of hydrogen-bond acceptors (Lipinski definition) is 1. The molecular formula is C30H22N2S. The van der Waals surface area contributed by atoms with Crippen molar-refractivity contribution in [3.8, 4) is 5.69 Å². The normalized spacial score (nSPS) is 11.7. The Kier molecular flexibility index (Phi) is 4.66. The second-order valence-corrected chi connectivity index (χ2v) is 10.6. The van der Waals surface area contributed by atoms with Crippen LogP contribution in [-0.2, 0) is 0 Å². The molecule has 0 saturated heterocycles. The predicted octanol–water partition coefficient (Wildman–Crippen LogP) is 8.54. The first-order valence-corrected chi connectivity index (χ1v) is 12.6. The molecule has 0 aliphatic carbocycles. The molecule has 0 unspecified atom stereocenters. The van der Waals surface area contributed by atoms with Crippen LogP contribution in [0.5, 0.6) is 0 Å². The third kappa shape index (κ3) is 3.10. The van der Waals surface area contributed by atoms with E-state index in [0.29, 0.717) is 0 Å². The van der Waals surface area contributed by atoms with E-state index in [1.165, 1.54) is 21.8 Å². The van der Waals surface area contributed by atoms with Gasteiger partial charge in [0.2, 0.25) is 0 Å². The van der Waals surface area contributed by atoms with Crippen LogP contribution in [0.2, 0.25) is 0 Å². The molecule has 0 fully saturated rings. The summed E-state index contributed by atoms with van der Waals surface area (Å²) in [5.41, 5.74) is 3.44. The van der Waals surface area contributed by atoms with E-state index in [0.717, 1.165) is 20.4 Å². The monoisotopic (exact) mass is 442 g/mol. The maximum absolute atomic E-state index is 12.2. The molecule has 6 rings (SSSR count). The van der Waals surface area contributed by atoms with Crippen LogP contribution in [0.1, 0.15) is 0 Å². The van der Waals surface area contributed by atoms with E-state index in [1.54, 1.807) is 0 Å². The van der Waals surface area contributed by atoms with E-state index in [2.05, 4.69) is 77.4 Å². The third-order valence-electron chi connectivity index (χ3n) is 6.18. The van der Waals surface area contributed by atoms with Gasteiger partial charge in [0, 0.05) is 40.8 Å². The molecule has 33 heavy (non-hydrogen) atoms. The molecule has 2 nitrogen and oxygen atoms in total. The molecule has 1 aromatic heterocycles. The zero-order valence-corrected chi connectivity index (χ0v) is 18.8. The van der Waals surface area contributed by atoms with Gasteiger partial charge in [-0.25, -0.2) is 4.61 Å². The van der Waals surface area contributed by atoms with Gasteiger partial charge in [0.15, 0.2) is 0 Å². The van der Waals surface area contributed by atoms with Crippen molar-refractivity contribution in [2.24, 2.45) is 0 Å². The maximum atomic E-state index is 12.2. The van der Waals surface area contributed by atoms with E-state index in [1.807, 2.05) is 60.7 Å². The first-order valence-electron chi connectivity index (χ1n) is 11.0. The smallest absolute Gasteiger partial charge is 0.0541 e. The standard InChI is InChI=1S/C30H22N2S/c31-33(24-11-3-1-4-12-24,25-13-5-2-6-14-25)26-21-19-23(20-22-26)32-29-17-9-7-15-27(29)28-16-8-10-18-30(28)32/h1-22H. The first-order chi connectivity index (χ1) is 16.3. The highest BCUT2D eigenvalue weighted by Gasteiger charge is 2.23. The zero-order chi connectivity index (χ0) is 22.3. The molecule has 0 aliphatic rings. The lowest BCUT2D eigenvalue weighted by Crippen LogP contribution is -1.95. The van der Waals surface area contributed by atoms with Crippen LogP contribution in [0.25, 0.3) is 27.5 Å². The summed E-state index contributed by atoms with van der Waals surface area (Å²) in [6, 6.07) is 45.4. The summed E-state index contributed by atoms with van der Waals surface area (Å²) >= 11 is 0. The lowest BCUT2D eigenvalue weighted by atomic mass is 10.2. The summed E-state index contributed by atoms with van der Waals surface area (Å²) < 4.78 is 14.5. The SMILES string of the molecule is N#S(c1ccccc1)(c1ccccc1)c1ccc(-n2c3ccccc3c3ccccc32)cc1. The van der Waals surface area contributed by atoms with Gasteiger partial charge in [0.25, 0.3) is 0 Å². The van der Waals surface area contributed by atoms with Crippen molar-refractivity contribution >= 4 is 31.5 Å². The summed E-state index contributed by atoms with van der Waals surface area (Å²) in [4.78, 5) is 2.78. The van der Waals surface area contributed by atoms with Crippen LogP contribution in [0.15, 0.2) is 148 Å². The Morgan fingerprint density at radius 1 is 0.424 bits per heavy atom. The van der Waals surface area contributed by atoms with Crippen LogP contribution in [0, 0.1) is 4.61 Å². The summed E-state index contributed by atoms with van der Waals surface area (Å²) in [6.45, 7) is 0. The molecular weight excluding hydrogens is 420 g/mol. The van der Waals surface area contributed by atoms with Crippen LogP contribution in [0.4, 0.5) is 0 Å². The maximum Gasteiger partial charge on any atom is 0.0541 e. The average Bonchev–Trinajstić information content (AvgIpc) is 3.24. The number of aromatic nitrogens is 1. The highest BCUT2D eigenvalue weighted by Crippen LogP contribution is 2.56. The van der Waals surface area contributed by atoms with Crippen molar-refractivity contribution < 1.29 is 0 Å². The van der Waals surface area contributed by atoms with Gasteiger partial charge in [-0.1, -0.05) is 72.8 Å². The van der Waals surface area contributed by atoms with Gasteiger partial charge in [-0.3, -0.25) is 0 Å². The Morgan fingerprint density at radius 3 is 1.30 bits per heavy atom.